The molecular weight excluding hydrogens is 250 g/mol. The fourth-order valence-electron chi connectivity index (χ4n) is 1.35. The number of hydrogen-bond acceptors (Lipinski definition) is 4. The zero-order valence-corrected chi connectivity index (χ0v) is 10.9. The van der Waals surface area contributed by atoms with Gasteiger partial charge in [-0.3, -0.25) is 4.79 Å². The van der Waals surface area contributed by atoms with E-state index in [0.29, 0.717) is 17.3 Å². The molecule has 1 rings (SSSR count). The number of aliphatic hydroxyl groups excluding tert-OH is 1. The molecule has 96 valence electrons. The third kappa shape index (κ3) is 4.70. The third-order valence-electron chi connectivity index (χ3n) is 2.08. The van der Waals surface area contributed by atoms with Crippen LogP contribution in [0.15, 0.2) is 18.2 Å². The maximum absolute atomic E-state index is 10.6. The van der Waals surface area contributed by atoms with Crippen LogP contribution in [0.4, 0.5) is 0 Å². The molecule has 0 unspecified atom stereocenters. The summed E-state index contributed by atoms with van der Waals surface area (Å²) >= 11 is 1.45. The van der Waals surface area contributed by atoms with Gasteiger partial charge in [-0.25, -0.2) is 0 Å². The van der Waals surface area contributed by atoms with Crippen molar-refractivity contribution in [1.29, 1.82) is 0 Å². The second-order valence-corrected chi connectivity index (χ2v) is 4.44. The van der Waals surface area contributed by atoms with Crippen LogP contribution in [0.3, 0.4) is 0 Å². The fourth-order valence-corrected chi connectivity index (χ4v) is 2.07. The number of primary amides is 1. The molecule has 18 heavy (non-hydrogen) atoms. The van der Waals surface area contributed by atoms with Crippen LogP contribution in [0, 0.1) is 11.8 Å². The van der Waals surface area contributed by atoms with Gasteiger partial charge in [0.1, 0.15) is 12.4 Å². The van der Waals surface area contributed by atoms with Gasteiger partial charge in [0.15, 0.2) is 0 Å². The summed E-state index contributed by atoms with van der Waals surface area (Å²) in [6, 6.07) is 5.62. The van der Waals surface area contributed by atoms with Crippen LogP contribution in [0.25, 0.3) is 0 Å². The average Bonchev–Trinajstić information content (AvgIpc) is 2.36. The first kappa shape index (κ1) is 14.4. The molecule has 0 aliphatic heterocycles. The Kier molecular flexibility index (Phi) is 6.12. The van der Waals surface area contributed by atoms with Crippen LogP contribution in [0.1, 0.15) is 11.1 Å². The first-order valence-electron chi connectivity index (χ1n) is 5.30. The highest BCUT2D eigenvalue weighted by atomic mass is 32.2. The number of amides is 1. The van der Waals surface area contributed by atoms with Crippen molar-refractivity contribution in [2.75, 3.05) is 19.5 Å². The lowest BCUT2D eigenvalue weighted by Gasteiger charge is -2.06. The number of thioether (sulfide) groups is 1. The van der Waals surface area contributed by atoms with Crippen molar-refractivity contribution >= 4 is 17.7 Å². The van der Waals surface area contributed by atoms with Crippen LogP contribution in [-0.2, 0) is 10.5 Å². The van der Waals surface area contributed by atoms with E-state index in [2.05, 4.69) is 11.8 Å². The van der Waals surface area contributed by atoms with E-state index in [1.807, 2.05) is 18.2 Å². The van der Waals surface area contributed by atoms with Crippen LogP contribution in [0.2, 0.25) is 0 Å². The predicted molar refractivity (Wildman–Crippen MR) is 72.3 cm³/mol. The SMILES string of the molecule is COc1ccc(CSCC(N)=O)cc1C#CCO. The van der Waals surface area contributed by atoms with E-state index in [9.17, 15) is 4.79 Å². The largest absolute Gasteiger partial charge is 0.495 e. The van der Waals surface area contributed by atoms with Gasteiger partial charge in [0.2, 0.25) is 5.91 Å². The Bertz CT molecular complexity index is 477. The minimum absolute atomic E-state index is 0.191. The monoisotopic (exact) mass is 265 g/mol. The van der Waals surface area contributed by atoms with E-state index in [1.165, 1.54) is 11.8 Å². The fraction of sp³-hybridized carbons (Fsp3) is 0.308. The van der Waals surface area contributed by atoms with Crippen molar-refractivity contribution in [3.05, 3.63) is 29.3 Å². The van der Waals surface area contributed by atoms with Gasteiger partial charge in [-0.05, 0) is 17.7 Å². The zero-order valence-electron chi connectivity index (χ0n) is 10.1. The van der Waals surface area contributed by atoms with Gasteiger partial charge in [0.25, 0.3) is 0 Å². The quantitative estimate of drug-likeness (QED) is 0.771. The summed E-state index contributed by atoms with van der Waals surface area (Å²) in [5, 5.41) is 8.69. The highest BCUT2D eigenvalue weighted by molar-refractivity contribution is 7.99. The van der Waals surface area contributed by atoms with E-state index in [-0.39, 0.29) is 12.5 Å². The summed E-state index contributed by atoms with van der Waals surface area (Å²) in [6.45, 7) is -0.191. The standard InChI is InChI=1S/C13H15NO3S/c1-17-12-5-4-10(8-18-9-13(14)16)7-11(12)3-2-6-15/h4-5,7,15H,6,8-9H2,1H3,(H2,14,16). The zero-order chi connectivity index (χ0) is 13.4. The van der Waals surface area contributed by atoms with Crippen LogP contribution >= 0.6 is 11.8 Å². The Balaban J connectivity index is 2.79. The smallest absolute Gasteiger partial charge is 0.227 e. The maximum Gasteiger partial charge on any atom is 0.227 e. The molecule has 0 atom stereocenters. The number of hydrogen-bond donors (Lipinski definition) is 2. The lowest BCUT2D eigenvalue weighted by Crippen LogP contribution is -2.13. The Morgan fingerprint density at radius 1 is 1.56 bits per heavy atom. The highest BCUT2D eigenvalue weighted by Gasteiger charge is 2.03. The highest BCUT2D eigenvalue weighted by Crippen LogP contribution is 2.21. The average molecular weight is 265 g/mol. The van der Waals surface area contributed by atoms with Gasteiger partial charge >= 0.3 is 0 Å². The minimum Gasteiger partial charge on any atom is -0.495 e. The molecule has 0 saturated heterocycles. The summed E-state index contributed by atoms with van der Waals surface area (Å²) in [5.74, 6) is 6.73. The number of methoxy groups -OCH3 is 1. The molecule has 0 aliphatic carbocycles. The minimum atomic E-state index is -0.325. The molecule has 0 spiro atoms. The van der Waals surface area contributed by atoms with Crippen molar-refractivity contribution < 1.29 is 14.6 Å². The van der Waals surface area contributed by atoms with Gasteiger partial charge in [-0.1, -0.05) is 17.9 Å². The van der Waals surface area contributed by atoms with Crippen LogP contribution < -0.4 is 10.5 Å². The van der Waals surface area contributed by atoms with Crippen LogP contribution in [-0.4, -0.2) is 30.5 Å². The maximum atomic E-state index is 10.6. The number of aliphatic hydroxyl groups is 1. The van der Waals surface area contributed by atoms with E-state index < -0.39 is 0 Å². The Morgan fingerprint density at radius 3 is 2.94 bits per heavy atom. The molecule has 1 amide bonds. The van der Waals surface area contributed by atoms with Gasteiger partial charge in [0.05, 0.1) is 18.4 Å². The van der Waals surface area contributed by atoms with E-state index in [4.69, 9.17) is 15.6 Å². The lowest BCUT2D eigenvalue weighted by atomic mass is 10.1. The summed E-state index contributed by atoms with van der Waals surface area (Å²) in [7, 11) is 1.57. The number of rotatable bonds is 5. The topological polar surface area (TPSA) is 72.5 Å². The van der Waals surface area contributed by atoms with Gasteiger partial charge < -0.3 is 15.6 Å². The Morgan fingerprint density at radius 2 is 2.33 bits per heavy atom. The second kappa shape index (κ2) is 7.64. The predicted octanol–water partition coefficient (Wildman–Crippen LogP) is 0.757. The molecule has 0 fully saturated rings. The number of benzene rings is 1. The molecule has 0 heterocycles. The van der Waals surface area contributed by atoms with Crippen molar-refractivity contribution in [3.63, 3.8) is 0 Å². The molecule has 3 N–H and O–H groups in total. The van der Waals surface area contributed by atoms with Gasteiger partial charge in [-0.15, -0.1) is 11.8 Å². The van der Waals surface area contributed by atoms with Crippen molar-refractivity contribution in [1.82, 2.24) is 0 Å². The number of carbonyl (C=O) groups excluding carboxylic acids is 1. The van der Waals surface area contributed by atoms with Gasteiger partial charge in [-0.2, -0.15) is 0 Å². The molecule has 4 nitrogen and oxygen atoms in total. The molecule has 0 aliphatic rings. The first-order valence-corrected chi connectivity index (χ1v) is 6.45. The summed E-state index contributed by atoms with van der Waals surface area (Å²) in [5.41, 5.74) is 6.83. The van der Waals surface area contributed by atoms with E-state index in [1.54, 1.807) is 7.11 Å². The third-order valence-corrected chi connectivity index (χ3v) is 3.11. The molecular formula is C13H15NO3S. The van der Waals surface area contributed by atoms with Crippen molar-refractivity contribution in [2.45, 2.75) is 5.75 Å². The molecule has 0 radical (unpaired) electrons. The van der Waals surface area contributed by atoms with Crippen LogP contribution in [0.5, 0.6) is 5.75 Å². The first-order chi connectivity index (χ1) is 8.67. The second-order valence-electron chi connectivity index (χ2n) is 3.45. The normalized spacial score (nSPS) is 9.44. The van der Waals surface area contributed by atoms with E-state index in [0.717, 1.165) is 11.1 Å². The van der Waals surface area contributed by atoms with Crippen molar-refractivity contribution in [3.8, 4) is 17.6 Å². The Hall–Kier alpha value is -1.64. The Labute approximate surface area is 111 Å². The number of ether oxygens (including phenoxy) is 1. The molecule has 1 aromatic rings. The van der Waals surface area contributed by atoms with E-state index >= 15 is 0 Å². The summed E-state index contributed by atoms with van der Waals surface area (Å²) in [6.07, 6.45) is 0. The number of carbonyl (C=O) groups is 1. The molecule has 0 aromatic heterocycles. The number of nitrogens with two attached hydrogens (primary N) is 1. The molecule has 1 aromatic carbocycles. The molecule has 0 bridgehead atoms. The van der Waals surface area contributed by atoms with Crippen molar-refractivity contribution in [2.24, 2.45) is 5.73 Å². The molecule has 5 heteroatoms. The molecule has 0 saturated carbocycles. The van der Waals surface area contributed by atoms with Gasteiger partial charge in [0, 0.05) is 5.75 Å². The lowest BCUT2D eigenvalue weighted by molar-refractivity contribution is -0.115. The summed E-state index contributed by atoms with van der Waals surface area (Å²) in [4.78, 5) is 10.6. The summed E-state index contributed by atoms with van der Waals surface area (Å²) < 4.78 is 5.18.